The summed E-state index contributed by atoms with van der Waals surface area (Å²) in [6.07, 6.45) is 1.31. The smallest absolute Gasteiger partial charge is 0.287 e. The van der Waals surface area contributed by atoms with Crippen molar-refractivity contribution >= 4 is 5.91 Å². The van der Waals surface area contributed by atoms with Gasteiger partial charge in [0.15, 0.2) is 17.3 Å². The maximum Gasteiger partial charge on any atom is 0.287 e. The molecule has 1 N–H and O–H groups in total. The molecule has 0 spiro atoms. The van der Waals surface area contributed by atoms with Gasteiger partial charge in [-0.1, -0.05) is 12.1 Å². The highest BCUT2D eigenvalue weighted by molar-refractivity contribution is 5.92. The van der Waals surface area contributed by atoms with E-state index in [1.807, 2.05) is 38.1 Å². The summed E-state index contributed by atoms with van der Waals surface area (Å²) in [6.45, 7) is 4.08. The van der Waals surface area contributed by atoms with Crippen molar-refractivity contribution in [2.45, 2.75) is 20.0 Å². The van der Waals surface area contributed by atoms with E-state index >= 15 is 0 Å². The summed E-state index contributed by atoms with van der Waals surface area (Å²) < 4.78 is 16.1. The Morgan fingerprint density at radius 3 is 2.62 bits per heavy atom. The summed E-state index contributed by atoms with van der Waals surface area (Å²) in [5.41, 5.74) is 0.811. The molecule has 0 aliphatic carbocycles. The van der Waals surface area contributed by atoms with Crippen LogP contribution in [-0.2, 0) is 0 Å². The van der Waals surface area contributed by atoms with Crippen molar-refractivity contribution in [1.82, 2.24) is 5.32 Å². The Morgan fingerprint density at radius 1 is 1.29 bits per heavy atom. The molecular formula is C16H19NO4. The van der Waals surface area contributed by atoms with Crippen molar-refractivity contribution in [2.24, 2.45) is 0 Å². The molecule has 0 aliphatic rings. The second-order valence-electron chi connectivity index (χ2n) is 4.72. The second-order valence-corrected chi connectivity index (χ2v) is 4.72. The Bertz CT molecular complexity index is 606. The Kier molecular flexibility index (Phi) is 4.87. The van der Waals surface area contributed by atoms with Crippen molar-refractivity contribution < 1.29 is 18.7 Å². The fourth-order valence-electron chi connectivity index (χ4n) is 1.90. The zero-order valence-electron chi connectivity index (χ0n) is 12.4. The number of para-hydroxylation sites is 2. The van der Waals surface area contributed by atoms with Gasteiger partial charge < -0.3 is 19.2 Å². The number of carbonyl (C=O) groups excluding carboxylic acids is 1. The summed E-state index contributed by atoms with van der Waals surface area (Å²) in [5, 5.41) is 2.78. The molecule has 1 aromatic carbocycles. The summed E-state index contributed by atoms with van der Waals surface area (Å²) in [7, 11) is 1.59. The van der Waals surface area contributed by atoms with Gasteiger partial charge in [0, 0.05) is 5.56 Å². The number of furan rings is 1. The van der Waals surface area contributed by atoms with Crippen molar-refractivity contribution in [2.75, 3.05) is 13.7 Å². The molecule has 1 unspecified atom stereocenters. The lowest BCUT2D eigenvalue weighted by molar-refractivity contribution is 0.0903. The first-order valence-electron chi connectivity index (χ1n) is 6.73. The first-order valence-corrected chi connectivity index (χ1v) is 6.73. The van der Waals surface area contributed by atoms with Crippen LogP contribution in [0.25, 0.3) is 0 Å². The molecule has 0 radical (unpaired) electrons. The number of nitrogens with one attached hydrogen (secondary N) is 1. The van der Waals surface area contributed by atoms with Gasteiger partial charge in [-0.25, -0.2) is 0 Å². The van der Waals surface area contributed by atoms with Crippen LogP contribution in [0.4, 0.5) is 0 Å². The van der Waals surface area contributed by atoms with Gasteiger partial charge in [0.25, 0.3) is 5.91 Å². The van der Waals surface area contributed by atoms with E-state index in [4.69, 9.17) is 13.9 Å². The maximum atomic E-state index is 11.9. The number of aryl methyl sites for hydroxylation is 1. The minimum atomic E-state index is -0.243. The van der Waals surface area contributed by atoms with Gasteiger partial charge in [-0.3, -0.25) is 4.79 Å². The molecule has 0 bridgehead atoms. The zero-order chi connectivity index (χ0) is 15.2. The third-order valence-electron chi connectivity index (χ3n) is 3.02. The van der Waals surface area contributed by atoms with Crippen LogP contribution in [0.2, 0.25) is 0 Å². The van der Waals surface area contributed by atoms with Crippen molar-refractivity contribution in [3.8, 4) is 11.5 Å². The highest BCUT2D eigenvalue weighted by atomic mass is 16.5. The summed E-state index contributed by atoms with van der Waals surface area (Å²) in [5.74, 6) is 1.40. The van der Waals surface area contributed by atoms with E-state index in [2.05, 4.69) is 5.32 Å². The third-order valence-corrected chi connectivity index (χ3v) is 3.02. The minimum Gasteiger partial charge on any atom is -0.493 e. The Balaban J connectivity index is 1.89. The monoisotopic (exact) mass is 289 g/mol. The van der Waals surface area contributed by atoms with E-state index in [0.717, 1.165) is 5.56 Å². The number of hydrogen-bond donors (Lipinski definition) is 1. The summed E-state index contributed by atoms with van der Waals surface area (Å²) >= 11 is 0. The van der Waals surface area contributed by atoms with E-state index in [9.17, 15) is 4.79 Å². The van der Waals surface area contributed by atoms with Crippen LogP contribution < -0.4 is 14.8 Å². The number of carbonyl (C=O) groups is 1. The number of methoxy groups -OCH3 is 1. The molecule has 1 heterocycles. The molecule has 112 valence electrons. The molecule has 0 fully saturated rings. The van der Waals surface area contributed by atoms with Crippen LogP contribution in [-0.4, -0.2) is 25.7 Å². The fraction of sp³-hybridized carbons (Fsp3) is 0.312. The van der Waals surface area contributed by atoms with Gasteiger partial charge in [0.1, 0.15) is 6.10 Å². The molecule has 21 heavy (non-hydrogen) atoms. The van der Waals surface area contributed by atoms with Crippen LogP contribution in [0.1, 0.15) is 23.0 Å². The minimum absolute atomic E-state index is 0.194. The molecule has 5 nitrogen and oxygen atoms in total. The highest BCUT2D eigenvalue weighted by Gasteiger charge is 2.14. The van der Waals surface area contributed by atoms with Crippen LogP contribution in [0, 0.1) is 6.92 Å². The lowest BCUT2D eigenvalue weighted by atomic mass is 10.2. The molecule has 5 heteroatoms. The van der Waals surface area contributed by atoms with Crippen LogP contribution in [0.5, 0.6) is 11.5 Å². The Morgan fingerprint density at radius 2 is 2.00 bits per heavy atom. The lowest BCUT2D eigenvalue weighted by Crippen LogP contribution is -2.33. The molecule has 0 aliphatic heterocycles. The second kappa shape index (κ2) is 6.83. The first-order chi connectivity index (χ1) is 10.1. The van der Waals surface area contributed by atoms with Crippen molar-refractivity contribution in [3.63, 3.8) is 0 Å². The molecular weight excluding hydrogens is 270 g/mol. The number of rotatable bonds is 6. The maximum absolute atomic E-state index is 11.9. The standard InChI is InChI=1S/C16H19NO4/c1-11-8-9-20-15(11)16(18)17-10-12(2)21-14-7-5-4-6-13(14)19-3/h4-9,12H,10H2,1-3H3,(H,17,18). The highest BCUT2D eigenvalue weighted by Crippen LogP contribution is 2.26. The van der Waals surface area contributed by atoms with Gasteiger partial charge in [-0.05, 0) is 32.0 Å². The molecule has 1 aromatic heterocycles. The number of hydrogen-bond acceptors (Lipinski definition) is 4. The van der Waals surface area contributed by atoms with Crippen LogP contribution in [0.15, 0.2) is 41.0 Å². The molecule has 2 rings (SSSR count). The third kappa shape index (κ3) is 3.78. The van der Waals surface area contributed by atoms with Crippen molar-refractivity contribution in [1.29, 1.82) is 0 Å². The van der Waals surface area contributed by atoms with E-state index in [1.165, 1.54) is 6.26 Å². The van der Waals surface area contributed by atoms with Gasteiger partial charge in [0.2, 0.25) is 0 Å². The average Bonchev–Trinajstić information content (AvgIpc) is 2.91. The molecule has 1 amide bonds. The number of ether oxygens (including phenoxy) is 2. The lowest BCUT2D eigenvalue weighted by Gasteiger charge is -2.17. The van der Waals surface area contributed by atoms with E-state index < -0.39 is 0 Å². The Labute approximate surface area is 123 Å². The largest absolute Gasteiger partial charge is 0.493 e. The average molecular weight is 289 g/mol. The molecule has 0 saturated carbocycles. The van der Waals surface area contributed by atoms with Crippen LogP contribution >= 0.6 is 0 Å². The normalized spacial score (nSPS) is 11.8. The molecule has 1 atom stereocenters. The summed E-state index contributed by atoms with van der Waals surface area (Å²) in [4.78, 5) is 11.9. The number of benzene rings is 1. The SMILES string of the molecule is COc1ccccc1OC(C)CNC(=O)c1occc1C. The quantitative estimate of drug-likeness (QED) is 0.888. The van der Waals surface area contributed by atoms with Gasteiger partial charge >= 0.3 is 0 Å². The first kappa shape index (κ1) is 15.0. The predicted octanol–water partition coefficient (Wildman–Crippen LogP) is 2.79. The Hall–Kier alpha value is -2.43. The van der Waals surface area contributed by atoms with E-state index in [-0.39, 0.29) is 12.0 Å². The molecule has 2 aromatic rings. The number of amides is 1. The van der Waals surface area contributed by atoms with Gasteiger partial charge in [0.05, 0.1) is 19.9 Å². The summed E-state index contributed by atoms with van der Waals surface area (Å²) in [6, 6.07) is 9.15. The molecule has 0 saturated heterocycles. The van der Waals surface area contributed by atoms with Gasteiger partial charge in [-0.15, -0.1) is 0 Å². The van der Waals surface area contributed by atoms with Crippen molar-refractivity contribution in [3.05, 3.63) is 47.9 Å². The van der Waals surface area contributed by atoms with Gasteiger partial charge in [-0.2, -0.15) is 0 Å². The zero-order valence-corrected chi connectivity index (χ0v) is 12.4. The predicted molar refractivity (Wildman–Crippen MR) is 78.9 cm³/mol. The topological polar surface area (TPSA) is 60.7 Å². The fourth-order valence-corrected chi connectivity index (χ4v) is 1.90. The van der Waals surface area contributed by atoms with E-state index in [1.54, 1.807) is 13.2 Å². The van der Waals surface area contributed by atoms with Crippen LogP contribution in [0.3, 0.4) is 0 Å². The van der Waals surface area contributed by atoms with E-state index in [0.29, 0.717) is 23.8 Å².